The van der Waals surface area contributed by atoms with Crippen molar-refractivity contribution in [3.8, 4) is 0 Å². The van der Waals surface area contributed by atoms with Gasteiger partial charge in [0.2, 0.25) is 0 Å². The molecule has 5 nitrogen and oxygen atoms in total. The average molecular weight is 353 g/mol. The van der Waals surface area contributed by atoms with Gasteiger partial charge in [-0.15, -0.1) is 0 Å². The molecule has 1 aromatic carbocycles. The predicted molar refractivity (Wildman–Crippen MR) is 103 cm³/mol. The highest BCUT2D eigenvalue weighted by Crippen LogP contribution is 2.19. The number of aromatic nitrogens is 1. The molecule has 0 bridgehead atoms. The molecule has 26 heavy (non-hydrogen) atoms. The van der Waals surface area contributed by atoms with Crippen LogP contribution in [0.4, 0.5) is 10.6 Å². The van der Waals surface area contributed by atoms with Gasteiger partial charge in [0.25, 0.3) is 0 Å². The highest BCUT2D eigenvalue weighted by molar-refractivity contribution is 5.67. The molecule has 1 aromatic heterocycles. The van der Waals surface area contributed by atoms with Crippen LogP contribution in [0.15, 0.2) is 42.6 Å². The van der Waals surface area contributed by atoms with Crippen LogP contribution in [0.3, 0.4) is 0 Å². The maximum absolute atomic E-state index is 12.2. The Bertz CT molecular complexity index is 722. The van der Waals surface area contributed by atoms with Crippen LogP contribution in [0.1, 0.15) is 29.5 Å². The van der Waals surface area contributed by atoms with Crippen LogP contribution >= 0.6 is 0 Å². The fraction of sp³-hybridized carbons (Fsp3) is 0.429. The number of amides is 1. The third-order valence-electron chi connectivity index (χ3n) is 4.92. The van der Waals surface area contributed by atoms with E-state index in [9.17, 15) is 4.79 Å². The Morgan fingerprint density at radius 3 is 2.62 bits per heavy atom. The maximum atomic E-state index is 12.2. The lowest BCUT2D eigenvalue weighted by Gasteiger charge is -2.31. The molecule has 0 unspecified atom stereocenters. The predicted octanol–water partition coefficient (Wildman–Crippen LogP) is 4.16. The van der Waals surface area contributed by atoms with Crippen molar-refractivity contribution in [1.29, 1.82) is 0 Å². The molecule has 1 aliphatic heterocycles. The molecule has 0 atom stereocenters. The first-order valence-corrected chi connectivity index (χ1v) is 9.24. The number of carbonyl (C=O) groups is 1. The zero-order valence-corrected chi connectivity index (χ0v) is 15.6. The normalized spacial score (nSPS) is 14.9. The van der Waals surface area contributed by atoms with Gasteiger partial charge in [0.05, 0.1) is 0 Å². The zero-order chi connectivity index (χ0) is 18.4. The van der Waals surface area contributed by atoms with Gasteiger partial charge < -0.3 is 15.0 Å². The van der Waals surface area contributed by atoms with E-state index in [4.69, 9.17) is 4.74 Å². The zero-order valence-electron chi connectivity index (χ0n) is 15.6. The van der Waals surface area contributed by atoms with Gasteiger partial charge in [-0.3, -0.25) is 0 Å². The second-order valence-corrected chi connectivity index (χ2v) is 7.02. The van der Waals surface area contributed by atoms with E-state index >= 15 is 0 Å². The van der Waals surface area contributed by atoms with Gasteiger partial charge in [-0.25, -0.2) is 9.78 Å². The Morgan fingerprint density at radius 2 is 1.92 bits per heavy atom. The molecular weight excluding hydrogens is 326 g/mol. The van der Waals surface area contributed by atoms with E-state index < -0.39 is 0 Å². The Balaban J connectivity index is 1.39. The highest BCUT2D eigenvalue weighted by atomic mass is 16.6. The number of nitrogens with one attached hydrogen (secondary N) is 1. The summed E-state index contributed by atoms with van der Waals surface area (Å²) in [5.41, 5.74) is 3.38. The van der Waals surface area contributed by atoms with E-state index in [1.54, 1.807) is 0 Å². The van der Waals surface area contributed by atoms with Crippen LogP contribution in [0.2, 0.25) is 0 Å². The van der Waals surface area contributed by atoms with Crippen LogP contribution in [0.25, 0.3) is 0 Å². The summed E-state index contributed by atoms with van der Waals surface area (Å²) in [6, 6.07) is 12.1. The SMILES string of the molecule is Cc1ccc(COC(=O)N2CCC(CNc3ncccc3C)CC2)cc1. The number of anilines is 1. The number of rotatable bonds is 5. The first-order valence-electron chi connectivity index (χ1n) is 9.24. The second kappa shape index (κ2) is 8.70. The number of aryl methyl sites for hydroxylation is 2. The van der Waals surface area contributed by atoms with Crippen molar-refractivity contribution >= 4 is 11.9 Å². The quantitative estimate of drug-likeness (QED) is 0.877. The number of nitrogens with zero attached hydrogens (tertiary/aromatic N) is 2. The molecule has 0 spiro atoms. The summed E-state index contributed by atoms with van der Waals surface area (Å²) in [6.07, 6.45) is 3.57. The van der Waals surface area contributed by atoms with E-state index in [1.165, 1.54) is 5.56 Å². The first kappa shape index (κ1) is 18.2. The van der Waals surface area contributed by atoms with Crippen LogP contribution in [0.5, 0.6) is 0 Å². The molecule has 1 amide bonds. The molecule has 5 heteroatoms. The molecule has 1 saturated heterocycles. The molecule has 2 heterocycles. The minimum atomic E-state index is -0.211. The Morgan fingerprint density at radius 1 is 1.19 bits per heavy atom. The van der Waals surface area contributed by atoms with Crippen molar-refractivity contribution in [2.45, 2.75) is 33.3 Å². The Hall–Kier alpha value is -2.56. The molecule has 3 rings (SSSR count). The lowest BCUT2D eigenvalue weighted by molar-refractivity contribution is 0.0832. The summed E-state index contributed by atoms with van der Waals surface area (Å²) >= 11 is 0. The highest BCUT2D eigenvalue weighted by Gasteiger charge is 2.23. The van der Waals surface area contributed by atoms with Crippen LogP contribution in [0, 0.1) is 19.8 Å². The van der Waals surface area contributed by atoms with Gasteiger partial charge in [0.15, 0.2) is 0 Å². The molecule has 1 fully saturated rings. The van der Waals surface area contributed by atoms with Crippen molar-refractivity contribution in [2.24, 2.45) is 5.92 Å². The molecular formula is C21H27N3O2. The van der Waals surface area contributed by atoms with Gasteiger partial charge in [0, 0.05) is 25.8 Å². The van der Waals surface area contributed by atoms with E-state index in [-0.39, 0.29) is 6.09 Å². The second-order valence-electron chi connectivity index (χ2n) is 7.02. The number of hydrogen-bond acceptors (Lipinski definition) is 4. The van der Waals surface area contributed by atoms with E-state index in [0.29, 0.717) is 12.5 Å². The van der Waals surface area contributed by atoms with Crippen molar-refractivity contribution in [2.75, 3.05) is 25.0 Å². The topological polar surface area (TPSA) is 54.5 Å². The monoisotopic (exact) mass is 353 g/mol. The molecule has 2 aromatic rings. The number of piperidine rings is 1. The minimum Gasteiger partial charge on any atom is -0.445 e. The fourth-order valence-corrected chi connectivity index (χ4v) is 3.15. The smallest absolute Gasteiger partial charge is 0.410 e. The van der Waals surface area contributed by atoms with E-state index in [0.717, 1.165) is 49.4 Å². The summed E-state index contributed by atoms with van der Waals surface area (Å²) in [5.74, 6) is 1.50. The molecule has 138 valence electrons. The van der Waals surface area contributed by atoms with Crippen LogP contribution < -0.4 is 5.32 Å². The lowest BCUT2D eigenvalue weighted by Crippen LogP contribution is -2.40. The molecule has 0 saturated carbocycles. The van der Waals surface area contributed by atoms with Crippen molar-refractivity contribution < 1.29 is 9.53 Å². The van der Waals surface area contributed by atoms with E-state index in [2.05, 4.69) is 23.3 Å². The summed E-state index contributed by atoms with van der Waals surface area (Å²) in [7, 11) is 0. The largest absolute Gasteiger partial charge is 0.445 e. The van der Waals surface area contributed by atoms with Crippen molar-refractivity contribution in [1.82, 2.24) is 9.88 Å². The summed E-state index contributed by atoms with van der Waals surface area (Å²) in [6.45, 7) is 6.83. The minimum absolute atomic E-state index is 0.211. The fourth-order valence-electron chi connectivity index (χ4n) is 3.15. The van der Waals surface area contributed by atoms with Gasteiger partial charge in [0.1, 0.15) is 12.4 Å². The average Bonchev–Trinajstić information content (AvgIpc) is 2.67. The first-order chi connectivity index (χ1) is 12.6. The standard InChI is InChI=1S/C21H27N3O2/c1-16-5-7-19(8-6-16)15-26-21(25)24-12-9-18(10-13-24)14-23-20-17(2)4-3-11-22-20/h3-8,11,18H,9-10,12-15H2,1-2H3,(H,22,23). The van der Waals surface area contributed by atoms with Gasteiger partial charge in [-0.05, 0) is 49.8 Å². The number of ether oxygens (including phenoxy) is 1. The molecule has 1 aliphatic rings. The van der Waals surface area contributed by atoms with Gasteiger partial charge in [-0.1, -0.05) is 35.9 Å². The maximum Gasteiger partial charge on any atom is 0.410 e. The summed E-state index contributed by atoms with van der Waals surface area (Å²) < 4.78 is 5.45. The molecule has 0 radical (unpaired) electrons. The van der Waals surface area contributed by atoms with Crippen LogP contribution in [-0.2, 0) is 11.3 Å². The van der Waals surface area contributed by atoms with Gasteiger partial charge >= 0.3 is 6.09 Å². The third kappa shape index (κ3) is 4.97. The summed E-state index contributed by atoms with van der Waals surface area (Å²) in [4.78, 5) is 18.4. The number of pyridine rings is 1. The van der Waals surface area contributed by atoms with Crippen molar-refractivity contribution in [3.63, 3.8) is 0 Å². The third-order valence-corrected chi connectivity index (χ3v) is 4.92. The number of likely N-dealkylation sites (tertiary alicyclic amines) is 1. The number of carbonyl (C=O) groups excluding carboxylic acids is 1. The number of hydrogen-bond donors (Lipinski definition) is 1. The Kier molecular flexibility index (Phi) is 6.10. The van der Waals surface area contributed by atoms with E-state index in [1.807, 2.05) is 48.4 Å². The van der Waals surface area contributed by atoms with Crippen molar-refractivity contribution in [3.05, 3.63) is 59.3 Å². The molecule has 1 N–H and O–H groups in total. The number of benzene rings is 1. The Labute approximate surface area is 155 Å². The molecule has 0 aliphatic carbocycles. The van der Waals surface area contributed by atoms with Crippen LogP contribution in [-0.4, -0.2) is 35.6 Å². The summed E-state index contributed by atoms with van der Waals surface area (Å²) in [5, 5.41) is 3.43. The lowest BCUT2D eigenvalue weighted by atomic mass is 9.97. The van der Waals surface area contributed by atoms with Gasteiger partial charge in [-0.2, -0.15) is 0 Å².